The molecule has 0 bridgehead atoms. The van der Waals surface area contributed by atoms with Gasteiger partial charge in [0.15, 0.2) is 0 Å². The first-order chi connectivity index (χ1) is 9.58. The standard InChI is InChI=1S/C15H15FN2O2/c1-20-12-4-2-3-10(7-12)8-15(19)18-11-5-6-14(17)13(16)9-11/h2-7,9H,8,17H2,1H3,(H,18,19). The molecule has 0 aliphatic rings. The largest absolute Gasteiger partial charge is 0.497 e. The van der Waals surface area contributed by atoms with Gasteiger partial charge in [-0.3, -0.25) is 4.79 Å². The third-order valence-corrected chi connectivity index (χ3v) is 2.78. The molecule has 0 fully saturated rings. The number of ether oxygens (including phenoxy) is 1. The molecule has 0 aromatic heterocycles. The van der Waals surface area contributed by atoms with Crippen molar-refractivity contribution in [3.8, 4) is 5.75 Å². The minimum atomic E-state index is -0.552. The van der Waals surface area contributed by atoms with Crippen molar-refractivity contribution >= 4 is 17.3 Å². The predicted octanol–water partition coefficient (Wildman–Crippen LogP) is 2.60. The Kier molecular flexibility index (Phi) is 4.20. The van der Waals surface area contributed by atoms with Crippen LogP contribution in [-0.2, 0) is 11.2 Å². The molecule has 2 aromatic carbocycles. The van der Waals surface area contributed by atoms with Crippen LogP contribution in [0.2, 0.25) is 0 Å². The molecular weight excluding hydrogens is 259 g/mol. The number of rotatable bonds is 4. The number of nitrogens with one attached hydrogen (secondary N) is 1. The molecule has 20 heavy (non-hydrogen) atoms. The highest BCUT2D eigenvalue weighted by molar-refractivity contribution is 5.92. The van der Waals surface area contributed by atoms with Crippen molar-refractivity contribution in [1.82, 2.24) is 0 Å². The maximum atomic E-state index is 13.3. The van der Waals surface area contributed by atoms with E-state index in [2.05, 4.69) is 5.32 Å². The number of methoxy groups -OCH3 is 1. The Morgan fingerprint density at radius 1 is 1.30 bits per heavy atom. The van der Waals surface area contributed by atoms with Gasteiger partial charge in [0.25, 0.3) is 0 Å². The van der Waals surface area contributed by atoms with Gasteiger partial charge in [0, 0.05) is 5.69 Å². The minimum Gasteiger partial charge on any atom is -0.497 e. The van der Waals surface area contributed by atoms with Crippen molar-refractivity contribution in [3.05, 3.63) is 53.8 Å². The maximum Gasteiger partial charge on any atom is 0.228 e. The van der Waals surface area contributed by atoms with E-state index in [0.29, 0.717) is 11.4 Å². The van der Waals surface area contributed by atoms with Gasteiger partial charge >= 0.3 is 0 Å². The van der Waals surface area contributed by atoms with Gasteiger partial charge in [0.1, 0.15) is 11.6 Å². The first-order valence-corrected chi connectivity index (χ1v) is 6.06. The van der Waals surface area contributed by atoms with Gasteiger partial charge in [-0.25, -0.2) is 4.39 Å². The third kappa shape index (κ3) is 3.47. The summed E-state index contributed by atoms with van der Waals surface area (Å²) in [7, 11) is 1.57. The van der Waals surface area contributed by atoms with Crippen molar-refractivity contribution < 1.29 is 13.9 Å². The molecular formula is C15H15FN2O2. The summed E-state index contributed by atoms with van der Waals surface area (Å²) in [5.74, 6) is -0.0968. The molecule has 0 saturated carbocycles. The third-order valence-electron chi connectivity index (χ3n) is 2.78. The Labute approximate surface area is 116 Å². The number of carbonyl (C=O) groups excluding carboxylic acids is 1. The average Bonchev–Trinajstić information content (AvgIpc) is 2.43. The van der Waals surface area contributed by atoms with E-state index in [9.17, 15) is 9.18 Å². The van der Waals surface area contributed by atoms with E-state index < -0.39 is 5.82 Å². The fraction of sp³-hybridized carbons (Fsp3) is 0.133. The number of nitrogens with two attached hydrogens (primary N) is 1. The van der Waals surface area contributed by atoms with Crippen LogP contribution in [0.25, 0.3) is 0 Å². The zero-order valence-corrected chi connectivity index (χ0v) is 11.0. The summed E-state index contributed by atoms with van der Waals surface area (Å²) in [5.41, 5.74) is 6.62. The summed E-state index contributed by atoms with van der Waals surface area (Å²) in [6.45, 7) is 0. The van der Waals surface area contributed by atoms with Crippen LogP contribution in [0.1, 0.15) is 5.56 Å². The van der Waals surface area contributed by atoms with Crippen LogP contribution < -0.4 is 15.8 Å². The van der Waals surface area contributed by atoms with Gasteiger partial charge in [0.2, 0.25) is 5.91 Å². The summed E-state index contributed by atoms with van der Waals surface area (Å²) in [6.07, 6.45) is 0.184. The van der Waals surface area contributed by atoms with Crippen LogP contribution in [0.4, 0.5) is 15.8 Å². The predicted molar refractivity (Wildman–Crippen MR) is 76.1 cm³/mol. The molecule has 0 heterocycles. The van der Waals surface area contributed by atoms with Crippen LogP contribution >= 0.6 is 0 Å². The van der Waals surface area contributed by atoms with Crippen LogP contribution in [0.5, 0.6) is 5.75 Å². The number of carbonyl (C=O) groups is 1. The zero-order valence-electron chi connectivity index (χ0n) is 11.0. The van der Waals surface area contributed by atoms with Crippen molar-refractivity contribution in [2.75, 3.05) is 18.2 Å². The highest BCUT2D eigenvalue weighted by Gasteiger charge is 2.07. The SMILES string of the molecule is COc1cccc(CC(=O)Nc2ccc(N)c(F)c2)c1. The van der Waals surface area contributed by atoms with Gasteiger partial charge in [-0.2, -0.15) is 0 Å². The van der Waals surface area contributed by atoms with E-state index in [-0.39, 0.29) is 18.0 Å². The van der Waals surface area contributed by atoms with Gasteiger partial charge in [-0.05, 0) is 35.9 Å². The summed E-state index contributed by atoms with van der Waals surface area (Å²) in [6, 6.07) is 11.4. The van der Waals surface area contributed by atoms with Gasteiger partial charge < -0.3 is 15.8 Å². The van der Waals surface area contributed by atoms with Crippen LogP contribution in [-0.4, -0.2) is 13.0 Å². The Bertz CT molecular complexity index is 629. The molecule has 0 aliphatic carbocycles. The van der Waals surface area contributed by atoms with E-state index in [1.54, 1.807) is 25.3 Å². The van der Waals surface area contributed by atoms with E-state index in [0.717, 1.165) is 5.56 Å². The fourth-order valence-corrected chi connectivity index (χ4v) is 1.78. The fourth-order valence-electron chi connectivity index (χ4n) is 1.78. The lowest BCUT2D eigenvalue weighted by Crippen LogP contribution is -2.14. The molecule has 0 aliphatic heterocycles. The minimum absolute atomic E-state index is 0.0517. The van der Waals surface area contributed by atoms with Crippen molar-refractivity contribution in [2.24, 2.45) is 0 Å². The van der Waals surface area contributed by atoms with Crippen LogP contribution in [0, 0.1) is 5.82 Å². The molecule has 5 heteroatoms. The van der Waals surface area contributed by atoms with Crippen LogP contribution in [0.3, 0.4) is 0 Å². The normalized spacial score (nSPS) is 10.1. The molecule has 2 rings (SSSR count). The van der Waals surface area contributed by atoms with Crippen molar-refractivity contribution in [2.45, 2.75) is 6.42 Å². The number of benzene rings is 2. The Morgan fingerprint density at radius 3 is 2.80 bits per heavy atom. The average molecular weight is 274 g/mol. The highest BCUT2D eigenvalue weighted by atomic mass is 19.1. The number of amides is 1. The molecule has 0 saturated heterocycles. The van der Waals surface area contributed by atoms with E-state index in [4.69, 9.17) is 10.5 Å². The molecule has 0 spiro atoms. The van der Waals surface area contributed by atoms with Gasteiger partial charge in [-0.1, -0.05) is 12.1 Å². The topological polar surface area (TPSA) is 64.3 Å². The second-order valence-electron chi connectivity index (χ2n) is 4.31. The van der Waals surface area contributed by atoms with Gasteiger partial charge in [-0.15, -0.1) is 0 Å². The van der Waals surface area contributed by atoms with E-state index >= 15 is 0 Å². The number of hydrogen-bond acceptors (Lipinski definition) is 3. The lowest BCUT2D eigenvalue weighted by molar-refractivity contribution is -0.115. The molecule has 1 amide bonds. The molecule has 104 valence electrons. The molecule has 0 radical (unpaired) electrons. The molecule has 4 nitrogen and oxygen atoms in total. The molecule has 0 atom stereocenters. The first kappa shape index (κ1) is 13.9. The quantitative estimate of drug-likeness (QED) is 0.842. The van der Waals surface area contributed by atoms with E-state index in [1.165, 1.54) is 12.1 Å². The van der Waals surface area contributed by atoms with Crippen LogP contribution in [0.15, 0.2) is 42.5 Å². The number of anilines is 2. The summed E-state index contributed by atoms with van der Waals surface area (Å²) in [4.78, 5) is 11.9. The highest BCUT2D eigenvalue weighted by Crippen LogP contribution is 2.17. The van der Waals surface area contributed by atoms with Gasteiger partial charge in [0.05, 0.1) is 19.2 Å². The summed E-state index contributed by atoms with van der Waals surface area (Å²) < 4.78 is 18.4. The number of hydrogen-bond donors (Lipinski definition) is 2. The first-order valence-electron chi connectivity index (χ1n) is 6.06. The smallest absolute Gasteiger partial charge is 0.228 e. The van der Waals surface area contributed by atoms with Crippen molar-refractivity contribution in [3.63, 3.8) is 0 Å². The molecule has 2 aromatic rings. The second-order valence-corrected chi connectivity index (χ2v) is 4.31. The summed E-state index contributed by atoms with van der Waals surface area (Å²) in [5, 5.41) is 2.62. The molecule has 0 unspecified atom stereocenters. The van der Waals surface area contributed by atoms with E-state index in [1.807, 2.05) is 12.1 Å². The lowest BCUT2D eigenvalue weighted by Gasteiger charge is -2.07. The zero-order chi connectivity index (χ0) is 14.5. The Balaban J connectivity index is 2.03. The number of nitrogen functional groups attached to an aromatic ring is 1. The Morgan fingerprint density at radius 2 is 2.10 bits per heavy atom. The Hall–Kier alpha value is -2.56. The number of halogens is 1. The van der Waals surface area contributed by atoms with Crippen molar-refractivity contribution in [1.29, 1.82) is 0 Å². The maximum absolute atomic E-state index is 13.3. The lowest BCUT2D eigenvalue weighted by atomic mass is 10.1. The summed E-state index contributed by atoms with van der Waals surface area (Å²) >= 11 is 0. The monoisotopic (exact) mass is 274 g/mol. The molecule has 3 N–H and O–H groups in total. The second kappa shape index (κ2) is 6.06.